The van der Waals surface area contributed by atoms with Crippen LogP contribution in [0.1, 0.15) is 29.5 Å². The fourth-order valence-electron chi connectivity index (χ4n) is 6.87. The first kappa shape index (κ1) is 30.2. The quantitative estimate of drug-likeness (QED) is 0.0998. The molecule has 0 heterocycles. The van der Waals surface area contributed by atoms with E-state index in [0.29, 0.717) is 18.2 Å². The molecule has 49 heavy (non-hydrogen) atoms. The summed E-state index contributed by atoms with van der Waals surface area (Å²) in [4.78, 5) is 14.1. The predicted molar refractivity (Wildman–Crippen MR) is 209 cm³/mol. The Morgan fingerprint density at radius 2 is 1.02 bits per heavy atom. The summed E-state index contributed by atoms with van der Waals surface area (Å²) in [5.41, 5.74) is 7.70. The Balaban J connectivity index is 1.14. The molecule has 0 N–H and O–H groups in total. The molecule has 0 fully saturated rings. The van der Waals surface area contributed by atoms with Crippen LogP contribution in [-0.2, 0) is 6.54 Å². The third kappa shape index (κ3) is 6.15. The Bertz CT molecular complexity index is 2530. The van der Waals surface area contributed by atoms with Crippen LogP contribution in [0.5, 0.6) is 0 Å². The number of hydrogen-bond acceptors (Lipinski definition) is 1. The number of rotatable bonds is 6. The van der Waals surface area contributed by atoms with Crippen molar-refractivity contribution in [1.29, 1.82) is 0 Å². The zero-order chi connectivity index (χ0) is 33.0. The maximum Gasteiger partial charge on any atom is 0.161 e. The monoisotopic (exact) mass is 629 g/mol. The number of fused-ring (bicyclic) bond motifs is 6. The molecule has 234 valence electrons. The molecule has 0 saturated carbocycles. The number of benzene rings is 7. The van der Waals surface area contributed by atoms with Crippen LogP contribution in [-0.4, -0.2) is 18.4 Å². The predicted octanol–water partition coefficient (Wildman–Crippen LogP) is 9.78. The Kier molecular flexibility index (Phi) is 8.31. The summed E-state index contributed by atoms with van der Waals surface area (Å²) in [6.45, 7) is 4.27. The molecule has 3 nitrogen and oxygen atoms in total. The van der Waals surface area contributed by atoms with Gasteiger partial charge in [-0.05, 0) is 97.6 Å². The van der Waals surface area contributed by atoms with Gasteiger partial charge in [0.2, 0.25) is 0 Å². The molecule has 7 aromatic rings. The fourth-order valence-corrected chi connectivity index (χ4v) is 6.87. The van der Waals surface area contributed by atoms with Gasteiger partial charge >= 0.3 is 0 Å². The summed E-state index contributed by atoms with van der Waals surface area (Å²) in [5.74, 6) is 1.17. The second kappa shape index (κ2) is 13.5. The van der Waals surface area contributed by atoms with E-state index in [1.54, 1.807) is 0 Å². The van der Waals surface area contributed by atoms with Crippen LogP contribution in [0.25, 0.3) is 56.0 Å². The average Bonchev–Trinajstić information content (AvgIpc) is 3.19. The molecule has 0 aromatic heterocycles. The lowest BCUT2D eigenvalue weighted by molar-refractivity contribution is 1.06. The first-order valence-electron chi connectivity index (χ1n) is 16.8. The second-order valence-corrected chi connectivity index (χ2v) is 12.4. The summed E-state index contributed by atoms with van der Waals surface area (Å²) in [6.07, 6.45) is 7.01. The van der Waals surface area contributed by atoms with Gasteiger partial charge < -0.3 is 0 Å². The lowest BCUT2D eigenvalue weighted by atomic mass is 9.91. The Morgan fingerprint density at radius 3 is 1.71 bits per heavy atom. The van der Waals surface area contributed by atoms with Gasteiger partial charge in [0.05, 0.1) is 6.54 Å². The smallest absolute Gasteiger partial charge is 0.161 e. The largest absolute Gasteiger partial charge is 0.261 e. The van der Waals surface area contributed by atoms with Gasteiger partial charge in [0.15, 0.2) is 11.7 Å². The molecule has 0 radical (unpaired) electrons. The lowest BCUT2D eigenvalue weighted by Crippen LogP contribution is -2.28. The van der Waals surface area contributed by atoms with Crippen molar-refractivity contribution in [2.24, 2.45) is 15.0 Å². The van der Waals surface area contributed by atoms with Crippen molar-refractivity contribution in [2.75, 3.05) is 0 Å². The highest BCUT2D eigenvalue weighted by atomic mass is 15.0. The molecule has 3 heteroatoms. The summed E-state index contributed by atoms with van der Waals surface area (Å²) < 4.78 is 0. The average molecular weight is 630 g/mol. The maximum absolute atomic E-state index is 5.00. The van der Waals surface area contributed by atoms with E-state index in [9.17, 15) is 0 Å². The van der Waals surface area contributed by atoms with Crippen molar-refractivity contribution >= 4 is 52.1 Å². The van der Waals surface area contributed by atoms with Crippen molar-refractivity contribution in [3.05, 3.63) is 179 Å². The fraction of sp³-hybridized carbons (Fsp3) is 0.0652. The van der Waals surface area contributed by atoms with Gasteiger partial charge in [0.25, 0.3) is 0 Å². The van der Waals surface area contributed by atoms with E-state index in [0.717, 1.165) is 35.1 Å². The number of nitrogens with zero attached hydrogens (tertiary/aromatic N) is 3. The van der Waals surface area contributed by atoms with E-state index in [-0.39, 0.29) is 0 Å². The van der Waals surface area contributed by atoms with Crippen molar-refractivity contribution in [3.8, 4) is 22.3 Å². The van der Waals surface area contributed by atoms with Gasteiger partial charge in [0, 0.05) is 11.1 Å². The molecule has 0 atom stereocenters. The number of aliphatic imine (C=N–C) groups is 3. The van der Waals surface area contributed by atoms with Crippen molar-refractivity contribution < 1.29 is 0 Å². The number of amidine groups is 2. The summed E-state index contributed by atoms with van der Waals surface area (Å²) in [5, 5.41) is 8.04. The van der Waals surface area contributed by atoms with E-state index >= 15 is 0 Å². The van der Waals surface area contributed by atoms with Crippen LogP contribution in [0.4, 0.5) is 0 Å². The zero-order valence-corrected chi connectivity index (χ0v) is 27.3. The second-order valence-electron chi connectivity index (χ2n) is 12.4. The maximum atomic E-state index is 5.00. The highest BCUT2D eigenvalue weighted by molar-refractivity contribution is 6.13. The van der Waals surface area contributed by atoms with Crippen molar-refractivity contribution in [3.63, 3.8) is 0 Å². The van der Waals surface area contributed by atoms with Gasteiger partial charge in [-0.3, -0.25) is 4.99 Å². The van der Waals surface area contributed by atoms with E-state index in [4.69, 9.17) is 9.98 Å². The minimum absolute atomic E-state index is 0.484. The Morgan fingerprint density at radius 1 is 0.469 bits per heavy atom. The minimum atomic E-state index is 0.484. The van der Waals surface area contributed by atoms with E-state index < -0.39 is 0 Å². The molecule has 8 rings (SSSR count). The third-order valence-corrected chi connectivity index (χ3v) is 9.26. The SMILES string of the molecule is C=NC(=NC(=NCc1cccc(-c2cccc(-c3ccc4c(c3)c3c(c5ccccc54)=CCCC=3)c2)c1)c1ccccc1)c1ccccc1. The molecule has 1 aliphatic carbocycles. The molecule has 7 aromatic carbocycles. The minimum Gasteiger partial charge on any atom is -0.261 e. The molecule has 0 amide bonds. The van der Waals surface area contributed by atoms with Crippen LogP contribution < -0.4 is 10.4 Å². The molecular weight excluding hydrogens is 595 g/mol. The van der Waals surface area contributed by atoms with Gasteiger partial charge in [-0.25, -0.2) is 9.98 Å². The molecule has 1 aliphatic rings. The van der Waals surface area contributed by atoms with Crippen LogP contribution in [0.3, 0.4) is 0 Å². The molecule has 0 unspecified atom stereocenters. The van der Waals surface area contributed by atoms with E-state index in [1.165, 1.54) is 48.7 Å². The van der Waals surface area contributed by atoms with Crippen molar-refractivity contribution in [2.45, 2.75) is 19.4 Å². The summed E-state index contributed by atoms with van der Waals surface area (Å²) in [6, 6.07) is 53.2. The molecule has 0 saturated heterocycles. The topological polar surface area (TPSA) is 37.1 Å². The molecule has 0 bridgehead atoms. The molecule has 0 spiro atoms. The van der Waals surface area contributed by atoms with Gasteiger partial charge in [0.1, 0.15) is 0 Å². The first-order valence-corrected chi connectivity index (χ1v) is 16.8. The Labute approximate surface area is 286 Å². The first-order chi connectivity index (χ1) is 24.2. The normalized spacial score (nSPS) is 13.1. The van der Waals surface area contributed by atoms with Crippen LogP contribution in [0.15, 0.2) is 167 Å². The third-order valence-electron chi connectivity index (χ3n) is 9.26. The number of hydrogen-bond donors (Lipinski definition) is 0. The van der Waals surface area contributed by atoms with Gasteiger partial charge in [-0.1, -0.05) is 146 Å². The Hall–Kier alpha value is -6.19. The van der Waals surface area contributed by atoms with Crippen LogP contribution in [0.2, 0.25) is 0 Å². The lowest BCUT2D eigenvalue weighted by Gasteiger charge is -2.13. The van der Waals surface area contributed by atoms with E-state index in [2.05, 4.69) is 115 Å². The van der Waals surface area contributed by atoms with Crippen LogP contribution >= 0.6 is 0 Å². The van der Waals surface area contributed by atoms with Crippen molar-refractivity contribution in [1.82, 2.24) is 0 Å². The van der Waals surface area contributed by atoms with E-state index in [1.807, 2.05) is 60.7 Å². The molecular formula is C46H35N3. The standard InChI is InChI=1S/C46H35N3/c1-47-45(33-15-4-2-5-16-33)49-46(34-17-6-3-7-18-34)48-31-32-14-12-19-35(28-32)36-20-13-21-37(29-36)38-26-27-43-41-24-9-8-22-39(41)40-23-10-11-25-42(40)44(43)30-38/h2-9,12-30H,1,10-11,31H2. The summed E-state index contributed by atoms with van der Waals surface area (Å²) in [7, 11) is 0. The zero-order valence-electron chi connectivity index (χ0n) is 27.3. The summed E-state index contributed by atoms with van der Waals surface area (Å²) >= 11 is 0. The highest BCUT2D eigenvalue weighted by Gasteiger charge is 2.11. The molecule has 0 aliphatic heterocycles. The highest BCUT2D eigenvalue weighted by Crippen LogP contribution is 2.30. The van der Waals surface area contributed by atoms with Gasteiger partial charge in [-0.2, -0.15) is 0 Å². The van der Waals surface area contributed by atoms with Gasteiger partial charge in [-0.15, -0.1) is 0 Å². The van der Waals surface area contributed by atoms with Crippen LogP contribution in [0, 0.1) is 0 Å².